The van der Waals surface area contributed by atoms with Gasteiger partial charge in [0.2, 0.25) is 18.4 Å². The Kier molecular flexibility index (Phi) is 3.03. The van der Waals surface area contributed by atoms with Crippen LogP contribution in [0.25, 0.3) is 33.4 Å². The second-order valence-electron chi connectivity index (χ2n) is 6.72. The van der Waals surface area contributed by atoms with Gasteiger partial charge in [-0.25, -0.2) is 18.7 Å². The summed E-state index contributed by atoms with van der Waals surface area (Å²) in [6.45, 7) is 1.98. The van der Waals surface area contributed by atoms with Gasteiger partial charge in [0.05, 0.1) is 14.1 Å². The number of aryl methyl sites for hydroxylation is 3. The molecule has 0 spiro atoms. The van der Waals surface area contributed by atoms with E-state index in [0.717, 1.165) is 33.4 Å². The zero-order valence-electron chi connectivity index (χ0n) is 14.9. The lowest BCUT2D eigenvalue weighted by molar-refractivity contribution is -0.670. The number of aromatic nitrogens is 5. The molecule has 4 aromatic heterocycles. The molecule has 0 aliphatic carbocycles. The highest BCUT2D eigenvalue weighted by atomic mass is 16.3. The van der Waals surface area contributed by atoms with E-state index < -0.39 is 0 Å². The molecule has 4 heterocycles. The molecule has 0 radical (unpaired) electrons. The number of pyridine rings is 1. The van der Waals surface area contributed by atoms with Crippen molar-refractivity contribution >= 4 is 22.1 Å². The molecule has 26 heavy (non-hydrogen) atoms. The summed E-state index contributed by atoms with van der Waals surface area (Å²) in [4.78, 5) is 4.57. The molecule has 0 aliphatic heterocycles. The summed E-state index contributed by atoms with van der Waals surface area (Å²) in [5.41, 5.74) is 4.53. The predicted molar refractivity (Wildman–Crippen MR) is 97.3 cm³/mol. The summed E-state index contributed by atoms with van der Waals surface area (Å²) in [6.07, 6.45) is 12.2. The third-order valence-electron chi connectivity index (χ3n) is 4.66. The van der Waals surface area contributed by atoms with Gasteiger partial charge >= 0.3 is 0 Å². The van der Waals surface area contributed by atoms with Crippen LogP contribution in [0.2, 0.25) is 0 Å². The van der Waals surface area contributed by atoms with Crippen molar-refractivity contribution in [2.75, 3.05) is 0 Å². The predicted octanol–water partition coefficient (Wildman–Crippen LogP) is 2.52. The van der Waals surface area contributed by atoms with Gasteiger partial charge in [0.15, 0.2) is 11.3 Å². The Morgan fingerprint density at radius 3 is 2.35 bits per heavy atom. The highest BCUT2D eigenvalue weighted by Gasteiger charge is 2.20. The second kappa shape index (κ2) is 5.29. The molecule has 5 rings (SSSR count). The average molecular weight is 345 g/mol. The molecule has 0 fully saturated rings. The lowest BCUT2D eigenvalue weighted by atomic mass is 10.1. The van der Waals surface area contributed by atoms with Crippen LogP contribution >= 0.6 is 0 Å². The van der Waals surface area contributed by atoms with Gasteiger partial charge in [-0.2, -0.15) is 4.57 Å². The molecular weight excluding hydrogens is 326 g/mol. The van der Waals surface area contributed by atoms with Crippen LogP contribution in [0, 0.1) is 6.92 Å². The van der Waals surface area contributed by atoms with Crippen LogP contribution in [0.4, 0.5) is 0 Å². The van der Waals surface area contributed by atoms with E-state index in [4.69, 9.17) is 4.42 Å². The van der Waals surface area contributed by atoms with Crippen molar-refractivity contribution in [3.63, 3.8) is 0 Å². The number of fused-ring (bicyclic) bond motifs is 3. The fourth-order valence-electron chi connectivity index (χ4n) is 3.35. The van der Waals surface area contributed by atoms with Crippen LogP contribution in [0.5, 0.6) is 0 Å². The van der Waals surface area contributed by atoms with Gasteiger partial charge in [0.1, 0.15) is 30.5 Å². The van der Waals surface area contributed by atoms with E-state index in [1.54, 1.807) is 0 Å². The molecule has 0 amide bonds. The van der Waals surface area contributed by atoms with Crippen LogP contribution in [-0.4, -0.2) is 14.1 Å². The minimum absolute atomic E-state index is 0.674. The Morgan fingerprint density at radius 1 is 0.923 bits per heavy atom. The maximum absolute atomic E-state index is 6.17. The van der Waals surface area contributed by atoms with E-state index in [-0.39, 0.29) is 0 Å². The normalized spacial score (nSPS) is 11.7. The fourth-order valence-corrected chi connectivity index (χ4v) is 3.35. The summed E-state index contributed by atoms with van der Waals surface area (Å²) < 4.78 is 14.4. The number of benzene rings is 1. The van der Waals surface area contributed by atoms with Crippen molar-refractivity contribution in [3.8, 4) is 11.4 Å². The Hall–Kier alpha value is -3.41. The topological polar surface area (TPSA) is 43.7 Å². The first kappa shape index (κ1) is 14.9. The highest BCUT2D eigenvalue weighted by molar-refractivity contribution is 6.07. The molecule has 5 aromatic rings. The first-order valence-electron chi connectivity index (χ1n) is 8.49. The molecule has 0 N–H and O–H groups in total. The van der Waals surface area contributed by atoms with E-state index in [2.05, 4.69) is 32.3 Å². The van der Waals surface area contributed by atoms with Crippen molar-refractivity contribution in [2.45, 2.75) is 6.92 Å². The average Bonchev–Trinajstić information content (AvgIpc) is 3.32. The molecule has 0 saturated heterocycles. The van der Waals surface area contributed by atoms with E-state index in [1.165, 1.54) is 0 Å². The second-order valence-corrected chi connectivity index (χ2v) is 6.72. The molecule has 0 saturated carbocycles. The standard InChI is InChI=1S/C20H19N5O/c1-14-4-5-16-17-10-15(24-8-6-22(2)12-24)11-18(19(17)26-20(16)21-14)25-9-7-23(3)13-25/h4-13H,1-3H3/q+2. The number of imidazole rings is 2. The first-order chi connectivity index (χ1) is 12.6. The minimum Gasteiger partial charge on any atom is -0.433 e. The van der Waals surface area contributed by atoms with Gasteiger partial charge < -0.3 is 4.42 Å². The van der Waals surface area contributed by atoms with Gasteiger partial charge in [-0.3, -0.25) is 0 Å². The molecular formula is C20H19N5O+2. The van der Waals surface area contributed by atoms with Crippen molar-refractivity contribution in [3.05, 3.63) is 67.4 Å². The summed E-state index contributed by atoms with van der Waals surface area (Å²) in [5, 5.41) is 2.09. The van der Waals surface area contributed by atoms with Gasteiger partial charge in [-0.15, -0.1) is 0 Å². The summed E-state index contributed by atoms with van der Waals surface area (Å²) >= 11 is 0. The first-order valence-corrected chi connectivity index (χ1v) is 8.49. The van der Waals surface area contributed by atoms with E-state index >= 15 is 0 Å². The number of hydrogen-bond acceptors (Lipinski definition) is 2. The smallest absolute Gasteiger partial charge is 0.248 e. The van der Waals surface area contributed by atoms with Crippen LogP contribution < -0.4 is 9.13 Å². The van der Waals surface area contributed by atoms with E-state index in [9.17, 15) is 0 Å². The molecule has 0 atom stereocenters. The molecule has 6 heteroatoms. The van der Waals surface area contributed by atoms with Crippen molar-refractivity contribution in [1.82, 2.24) is 14.1 Å². The largest absolute Gasteiger partial charge is 0.433 e. The third-order valence-corrected chi connectivity index (χ3v) is 4.66. The monoisotopic (exact) mass is 345 g/mol. The van der Waals surface area contributed by atoms with Crippen LogP contribution in [0.1, 0.15) is 5.69 Å². The van der Waals surface area contributed by atoms with E-state index in [1.807, 2.05) is 73.7 Å². The minimum atomic E-state index is 0.674. The summed E-state index contributed by atoms with van der Waals surface area (Å²) in [6, 6.07) is 8.40. The van der Waals surface area contributed by atoms with Crippen molar-refractivity contribution < 1.29 is 13.6 Å². The molecule has 0 bridgehead atoms. The molecule has 1 aromatic carbocycles. The summed E-state index contributed by atoms with van der Waals surface area (Å²) in [7, 11) is 4.02. The van der Waals surface area contributed by atoms with Crippen LogP contribution in [0.3, 0.4) is 0 Å². The fraction of sp³-hybridized carbons (Fsp3) is 0.150. The number of hydrogen-bond donors (Lipinski definition) is 0. The lowest BCUT2D eigenvalue weighted by Crippen LogP contribution is -2.23. The summed E-state index contributed by atoms with van der Waals surface area (Å²) in [5.74, 6) is 0. The van der Waals surface area contributed by atoms with Gasteiger partial charge in [-0.05, 0) is 25.1 Å². The number of rotatable bonds is 2. The zero-order valence-corrected chi connectivity index (χ0v) is 14.9. The van der Waals surface area contributed by atoms with Crippen LogP contribution in [-0.2, 0) is 14.1 Å². The van der Waals surface area contributed by atoms with Gasteiger partial charge in [-0.1, -0.05) is 0 Å². The SMILES string of the molecule is Cc1ccc2c(n1)oc1c(-n3cc[n+](C)c3)cc(-n3cc[n+](C)c3)cc12. The van der Waals surface area contributed by atoms with Gasteiger partial charge in [0, 0.05) is 22.5 Å². The molecule has 0 aliphatic rings. The van der Waals surface area contributed by atoms with Crippen molar-refractivity contribution in [2.24, 2.45) is 14.1 Å². The van der Waals surface area contributed by atoms with Gasteiger partial charge in [0.25, 0.3) is 0 Å². The Balaban J connectivity index is 1.89. The quantitative estimate of drug-likeness (QED) is 0.462. The zero-order chi connectivity index (χ0) is 17.8. The maximum Gasteiger partial charge on any atom is 0.248 e. The maximum atomic E-state index is 6.17. The third kappa shape index (κ3) is 2.23. The Labute approximate surface area is 150 Å². The Bertz CT molecular complexity index is 1270. The van der Waals surface area contributed by atoms with E-state index in [0.29, 0.717) is 5.71 Å². The Morgan fingerprint density at radius 2 is 1.65 bits per heavy atom. The molecule has 0 unspecified atom stereocenters. The van der Waals surface area contributed by atoms with Crippen LogP contribution in [0.15, 0.2) is 66.1 Å². The lowest BCUT2D eigenvalue weighted by Gasteiger charge is -2.01. The molecule has 128 valence electrons. The number of nitrogens with zero attached hydrogens (tertiary/aromatic N) is 5. The van der Waals surface area contributed by atoms with Crippen molar-refractivity contribution in [1.29, 1.82) is 0 Å². The highest BCUT2D eigenvalue weighted by Crippen LogP contribution is 2.34. The number of furan rings is 1. The molecule has 6 nitrogen and oxygen atoms in total.